The summed E-state index contributed by atoms with van der Waals surface area (Å²) >= 11 is 0.676. The van der Waals surface area contributed by atoms with Crippen molar-refractivity contribution in [1.29, 1.82) is 0 Å². The van der Waals surface area contributed by atoms with Crippen LogP contribution < -0.4 is 9.18 Å². The Morgan fingerprint density at radius 2 is 2.11 bits per heavy atom. The fourth-order valence-electron chi connectivity index (χ4n) is 1.42. The summed E-state index contributed by atoms with van der Waals surface area (Å²) in [7, 11) is -2.34. The van der Waals surface area contributed by atoms with Gasteiger partial charge in [-0.05, 0) is 19.1 Å². The maximum absolute atomic E-state index is 12.3. The molecule has 0 amide bonds. The van der Waals surface area contributed by atoms with Crippen LogP contribution in [-0.4, -0.2) is 25.4 Å². The second kappa shape index (κ2) is 4.54. The molecule has 0 spiro atoms. The molecule has 8 heteroatoms. The molecule has 0 unspecified atom stereocenters. The molecule has 0 aliphatic heterocycles. The number of H-pyrrole nitrogens is 1. The SMILES string of the molecule is Cc1[nH]c(=O)sc1S(=O)(=O)N(C)c1ccccn1. The number of thiazole rings is 1. The molecule has 0 saturated heterocycles. The lowest BCUT2D eigenvalue weighted by atomic mass is 10.5. The third kappa shape index (κ3) is 2.16. The van der Waals surface area contributed by atoms with Crippen molar-refractivity contribution >= 4 is 27.2 Å². The molecule has 2 rings (SSSR count). The van der Waals surface area contributed by atoms with Gasteiger partial charge < -0.3 is 4.98 Å². The Balaban J connectivity index is 2.50. The van der Waals surface area contributed by atoms with Gasteiger partial charge in [0.1, 0.15) is 5.82 Å². The van der Waals surface area contributed by atoms with E-state index in [1.54, 1.807) is 25.1 Å². The summed E-state index contributed by atoms with van der Waals surface area (Å²) in [5.41, 5.74) is 0.341. The van der Waals surface area contributed by atoms with Gasteiger partial charge in [-0.1, -0.05) is 17.4 Å². The normalized spacial score (nSPS) is 11.4. The van der Waals surface area contributed by atoms with Crippen LogP contribution in [0.4, 0.5) is 5.82 Å². The van der Waals surface area contributed by atoms with Crippen LogP contribution >= 0.6 is 11.3 Å². The monoisotopic (exact) mass is 285 g/mol. The number of rotatable bonds is 3. The Bertz CT molecular complexity index is 703. The summed E-state index contributed by atoms with van der Waals surface area (Å²) in [6, 6.07) is 4.98. The van der Waals surface area contributed by atoms with E-state index in [0.29, 0.717) is 22.8 Å². The van der Waals surface area contributed by atoms with Gasteiger partial charge in [-0.25, -0.2) is 13.4 Å². The predicted octanol–water partition coefficient (Wildman–Crippen LogP) is 0.965. The minimum Gasteiger partial charge on any atom is -0.315 e. The van der Waals surface area contributed by atoms with Crippen LogP contribution in [0.1, 0.15) is 5.69 Å². The van der Waals surface area contributed by atoms with Gasteiger partial charge in [-0.15, -0.1) is 0 Å². The van der Waals surface area contributed by atoms with Crippen LogP contribution in [0.25, 0.3) is 0 Å². The molecule has 0 aromatic carbocycles. The molecule has 0 aliphatic rings. The van der Waals surface area contributed by atoms with Crippen LogP contribution in [0, 0.1) is 6.92 Å². The first-order valence-corrected chi connectivity index (χ1v) is 7.28. The van der Waals surface area contributed by atoms with Gasteiger partial charge in [0.2, 0.25) is 0 Å². The molecule has 18 heavy (non-hydrogen) atoms. The Kier molecular flexibility index (Phi) is 3.22. The smallest absolute Gasteiger partial charge is 0.306 e. The van der Waals surface area contributed by atoms with E-state index in [0.717, 1.165) is 4.31 Å². The Hall–Kier alpha value is -1.67. The largest absolute Gasteiger partial charge is 0.315 e. The maximum Gasteiger partial charge on any atom is 0.306 e. The zero-order valence-electron chi connectivity index (χ0n) is 9.75. The van der Waals surface area contributed by atoms with E-state index in [1.165, 1.54) is 13.2 Å². The van der Waals surface area contributed by atoms with E-state index >= 15 is 0 Å². The molecular weight excluding hydrogens is 274 g/mol. The molecule has 6 nitrogen and oxygen atoms in total. The second-order valence-electron chi connectivity index (χ2n) is 3.59. The molecule has 2 heterocycles. The number of nitrogens with zero attached hydrogens (tertiary/aromatic N) is 2. The highest BCUT2D eigenvalue weighted by atomic mass is 32.2. The quantitative estimate of drug-likeness (QED) is 0.910. The van der Waals surface area contributed by atoms with Gasteiger partial charge in [0.25, 0.3) is 10.0 Å². The van der Waals surface area contributed by atoms with Crippen molar-refractivity contribution in [1.82, 2.24) is 9.97 Å². The number of aromatic amines is 1. The first-order valence-electron chi connectivity index (χ1n) is 5.02. The van der Waals surface area contributed by atoms with Gasteiger partial charge in [0, 0.05) is 18.9 Å². The van der Waals surface area contributed by atoms with E-state index in [2.05, 4.69) is 9.97 Å². The fraction of sp³-hybridized carbons (Fsp3) is 0.200. The van der Waals surface area contributed by atoms with E-state index < -0.39 is 10.0 Å². The van der Waals surface area contributed by atoms with E-state index in [-0.39, 0.29) is 9.08 Å². The van der Waals surface area contributed by atoms with E-state index in [9.17, 15) is 13.2 Å². The van der Waals surface area contributed by atoms with Crippen molar-refractivity contribution in [3.63, 3.8) is 0 Å². The van der Waals surface area contributed by atoms with Crippen molar-refractivity contribution in [3.05, 3.63) is 39.8 Å². The lowest BCUT2D eigenvalue weighted by Gasteiger charge is -2.17. The first kappa shape index (κ1) is 12.8. The zero-order chi connectivity index (χ0) is 13.3. The van der Waals surface area contributed by atoms with Crippen molar-refractivity contribution in [2.75, 3.05) is 11.4 Å². The summed E-state index contributed by atoms with van der Waals surface area (Å²) in [6.45, 7) is 1.55. The second-order valence-corrected chi connectivity index (χ2v) is 6.74. The molecule has 1 N–H and O–H groups in total. The lowest BCUT2D eigenvalue weighted by molar-refractivity contribution is 0.595. The Morgan fingerprint density at radius 1 is 1.39 bits per heavy atom. The van der Waals surface area contributed by atoms with Crippen molar-refractivity contribution in [2.45, 2.75) is 11.1 Å². The molecule has 0 fully saturated rings. The van der Waals surface area contributed by atoms with Crippen LogP contribution in [0.5, 0.6) is 0 Å². The molecular formula is C10H11N3O3S2. The zero-order valence-corrected chi connectivity index (χ0v) is 11.4. The van der Waals surface area contributed by atoms with Gasteiger partial charge in [0.05, 0.1) is 0 Å². The molecule has 0 bridgehead atoms. The van der Waals surface area contributed by atoms with Gasteiger partial charge in [-0.2, -0.15) is 0 Å². The Morgan fingerprint density at radius 3 is 2.61 bits per heavy atom. The standard InChI is InChI=1S/C10H11N3O3S2/c1-7-9(17-10(14)12-7)18(15,16)13(2)8-5-3-4-6-11-8/h3-6H,1-2H3,(H,12,14). The van der Waals surface area contributed by atoms with E-state index in [1.807, 2.05) is 0 Å². The number of hydrogen-bond acceptors (Lipinski definition) is 5. The number of anilines is 1. The van der Waals surface area contributed by atoms with Crippen molar-refractivity contribution in [3.8, 4) is 0 Å². The minimum absolute atomic E-state index is 0.0145. The number of sulfonamides is 1. The average Bonchev–Trinajstić information content (AvgIpc) is 2.69. The van der Waals surface area contributed by atoms with Crippen molar-refractivity contribution < 1.29 is 8.42 Å². The summed E-state index contributed by atoms with van der Waals surface area (Å²) < 4.78 is 25.7. The van der Waals surface area contributed by atoms with Gasteiger partial charge in [0.15, 0.2) is 4.21 Å². The molecule has 0 saturated carbocycles. The minimum atomic E-state index is -3.74. The topological polar surface area (TPSA) is 83.1 Å². The first-order chi connectivity index (χ1) is 8.43. The predicted molar refractivity (Wildman–Crippen MR) is 69.5 cm³/mol. The van der Waals surface area contributed by atoms with Crippen LogP contribution in [0.2, 0.25) is 0 Å². The van der Waals surface area contributed by atoms with Gasteiger partial charge in [-0.3, -0.25) is 9.10 Å². The van der Waals surface area contributed by atoms with Crippen molar-refractivity contribution in [2.24, 2.45) is 0 Å². The number of nitrogens with one attached hydrogen (secondary N) is 1. The fourth-order valence-corrected chi connectivity index (χ4v) is 4.03. The lowest BCUT2D eigenvalue weighted by Crippen LogP contribution is -2.27. The van der Waals surface area contributed by atoms with Gasteiger partial charge >= 0.3 is 4.87 Å². The summed E-state index contributed by atoms with van der Waals surface area (Å²) in [5, 5.41) is 0. The summed E-state index contributed by atoms with van der Waals surface area (Å²) in [4.78, 5) is 17.2. The number of hydrogen-bond donors (Lipinski definition) is 1. The number of pyridine rings is 1. The highest BCUT2D eigenvalue weighted by Gasteiger charge is 2.26. The molecule has 0 aliphatic carbocycles. The van der Waals surface area contributed by atoms with Crippen LogP contribution in [0.15, 0.2) is 33.4 Å². The van der Waals surface area contributed by atoms with Crippen LogP contribution in [-0.2, 0) is 10.0 Å². The average molecular weight is 285 g/mol. The summed E-state index contributed by atoms with van der Waals surface area (Å²) in [5.74, 6) is 0.303. The number of aryl methyl sites for hydroxylation is 1. The molecule has 0 radical (unpaired) electrons. The number of aromatic nitrogens is 2. The molecule has 96 valence electrons. The highest BCUT2D eigenvalue weighted by molar-refractivity contribution is 7.94. The maximum atomic E-state index is 12.3. The molecule has 0 atom stereocenters. The highest BCUT2D eigenvalue weighted by Crippen LogP contribution is 2.23. The molecule has 2 aromatic heterocycles. The molecule has 2 aromatic rings. The Labute approximate surface area is 108 Å². The van der Waals surface area contributed by atoms with Crippen LogP contribution in [0.3, 0.4) is 0 Å². The summed E-state index contributed by atoms with van der Waals surface area (Å²) in [6.07, 6.45) is 1.51. The third-order valence-corrected chi connectivity index (χ3v) is 5.69. The third-order valence-electron chi connectivity index (χ3n) is 2.35. The van der Waals surface area contributed by atoms with E-state index in [4.69, 9.17) is 0 Å².